The molecule has 6 nitrogen and oxygen atoms in total. The summed E-state index contributed by atoms with van der Waals surface area (Å²) in [6, 6.07) is 10.4. The highest BCUT2D eigenvalue weighted by atomic mass is 16.2. The van der Waals surface area contributed by atoms with E-state index in [1.807, 2.05) is 0 Å². The number of nitrogens with one attached hydrogen (secondary N) is 3. The smallest absolute Gasteiger partial charge is 0.255 e. The third kappa shape index (κ3) is 5.12. The van der Waals surface area contributed by atoms with Crippen molar-refractivity contribution in [2.45, 2.75) is 19.3 Å². The van der Waals surface area contributed by atoms with E-state index in [9.17, 15) is 9.59 Å². The Bertz CT molecular complexity index is 727. The molecular formula is C19H22N4O2. The quantitative estimate of drug-likeness (QED) is 0.756. The fourth-order valence-electron chi connectivity index (χ4n) is 2.90. The largest absolute Gasteiger partial charge is 0.326 e. The molecule has 25 heavy (non-hydrogen) atoms. The highest BCUT2D eigenvalue weighted by Crippen LogP contribution is 2.17. The molecule has 2 aromatic rings. The van der Waals surface area contributed by atoms with Gasteiger partial charge >= 0.3 is 0 Å². The molecule has 1 aromatic heterocycles. The molecule has 1 fully saturated rings. The lowest BCUT2D eigenvalue weighted by Crippen LogP contribution is -2.16. The Hall–Kier alpha value is -2.73. The molecule has 1 aliphatic heterocycles. The number of hydrogen-bond donors (Lipinski definition) is 3. The minimum Gasteiger partial charge on any atom is -0.326 e. The minimum atomic E-state index is -0.223. The average molecular weight is 338 g/mol. The molecule has 2 amide bonds. The van der Waals surface area contributed by atoms with Gasteiger partial charge in [0.05, 0.1) is 0 Å². The predicted molar refractivity (Wildman–Crippen MR) is 97.5 cm³/mol. The second kappa shape index (κ2) is 8.39. The number of hydrogen-bond acceptors (Lipinski definition) is 4. The third-order valence-corrected chi connectivity index (χ3v) is 4.29. The lowest BCUT2D eigenvalue weighted by Gasteiger charge is -2.10. The zero-order valence-electron chi connectivity index (χ0n) is 14.0. The molecule has 1 aliphatic rings. The summed E-state index contributed by atoms with van der Waals surface area (Å²) >= 11 is 0. The lowest BCUT2D eigenvalue weighted by molar-refractivity contribution is -0.116. The Morgan fingerprint density at radius 1 is 1.12 bits per heavy atom. The van der Waals surface area contributed by atoms with Gasteiger partial charge in [0.25, 0.3) is 5.91 Å². The summed E-state index contributed by atoms with van der Waals surface area (Å²) in [5.74, 6) is 0.348. The van der Waals surface area contributed by atoms with E-state index >= 15 is 0 Å². The van der Waals surface area contributed by atoms with Crippen LogP contribution in [0, 0.1) is 5.92 Å². The normalized spacial score (nSPS) is 16.4. The first kappa shape index (κ1) is 17.1. The van der Waals surface area contributed by atoms with Gasteiger partial charge in [-0.25, -0.2) is 0 Å². The molecule has 0 saturated carbocycles. The van der Waals surface area contributed by atoms with Crippen LogP contribution in [-0.4, -0.2) is 29.9 Å². The molecule has 6 heteroatoms. The van der Waals surface area contributed by atoms with Gasteiger partial charge in [0.15, 0.2) is 0 Å². The Labute approximate surface area is 147 Å². The number of rotatable bonds is 6. The number of benzene rings is 1. The van der Waals surface area contributed by atoms with Gasteiger partial charge in [0.1, 0.15) is 0 Å². The first-order valence-electron chi connectivity index (χ1n) is 8.53. The van der Waals surface area contributed by atoms with Crippen molar-refractivity contribution >= 4 is 23.2 Å². The molecule has 1 saturated heterocycles. The van der Waals surface area contributed by atoms with E-state index in [1.54, 1.807) is 48.8 Å². The van der Waals surface area contributed by atoms with Crippen LogP contribution < -0.4 is 16.0 Å². The van der Waals surface area contributed by atoms with Gasteiger partial charge in [-0.3, -0.25) is 14.6 Å². The molecule has 1 unspecified atom stereocenters. The maximum Gasteiger partial charge on any atom is 0.255 e. The van der Waals surface area contributed by atoms with Crippen LogP contribution in [0.1, 0.15) is 29.6 Å². The van der Waals surface area contributed by atoms with Crippen molar-refractivity contribution < 1.29 is 9.59 Å². The molecule has 0 spiro atoms. The summed E-state index contributed by atoms with van der Waals surface area (Å²) in [5.41, 5.74) is 1.81. The minimum absolute atomic E-state index is 0.0152. The number of nitrogens with zero attached hydrogens (tertiary/aromatic N) is 1. The van der Waals surface area contributed by atoms with Crippen LogP contribution in [0.3, 0.4) is 0 Å². The van der Waals surface area contributed by atoms with Gasteiger partial charge in [-0.05, 0) is 62.2 Å². The van der Waals surface area contributed by atoms with Gasteiger partial charge in [-0.2, -0.15) is 0 Å². The van der Waals surface area contributed by atoms with Crippen molar-refractivity contribution in [2.24, 2.45) is 5.92 Å². The maximum atomic E-state index is 12.3. The van der Waals surface area contributed by atoms with Crippen LogP contribution in [0.25, 0.3) is 0 Å². The molecule has 130 valence electrons. The number of aromatic nitrogens is 1. The second-order valence-corrected chi connectivity index (χ2v) is 6.22. The zero-order valence-corrected chi connectivity index (χ0v) is 14.0. The van der Waals surface area contributed by atoms with Crippen LogP contribution in [0.5, 0.6) is 0 Å². The summed E-state index contributed by atoms with van der Waals surface area (Å²) < 4.78 is 0. The zero-order chi connectivity index (χ0) is 17.5. The Morgan fingerprint density at radius 3 is 2.72 bits per heavy atom. The Morgan fingerprint density at radius 2 is 1.96 bits per heavy atom. The fraction of sp³-hybridized carbons (Fsp3) is 0.316. The third-order valence-electron chi connectivity index (χ3n) is 4.29. The summed E-state index contributed by atoms with van der Waals surface area (Å²) in [6.07, 6.45) is 5.76. The molecule has 1 atom stereocenters. The molecule has 2 heterocycles. The summed E-state index contributed by atoms with van der Waals surface area (Å²) in [4.78, 5) is 28.3. The maximum absolute atomic E-state index is 12.3. The van der Waals surface area contributed by atoms with Crippen LogP contribution in [0.2, 0.25) is 0 Å². The Balaban J connectivity index is 1.55. The van der Waals surface area contributed by atoms with Crippen molar-refractivity contribution in [1.82, 2.24) is 10.3 Å². The van der Waals surface area contributed by atoms with Crippen molar-refractivity contribution in [3.8, 4) is 0 Å². The van der Waals surface area contributed by atoms with E-state index in [2.05, 4.69) is 20.9 Å². The van der Waals surface area contributed by atoms with Crippen molar-refractivity contribution in [1.29, 1.82) is 0 Å². The summed E-state index contributed by atoms with van der Waals surface area (Å²) in [7, 11) is 0. The predicted octanol–water partition coefficient (Wildman–Crippen LogP) is 2.66. The van der Waals surface area contributed by atoms with Gasteiger partial charge in [0.2, 0.25) is 5.91 Å². The van der Waals surface area contributed by atoms with Crippen LogP contribution in [0.15, 0.2) is 48.8 Å². The van der Waals surface area contributed by atoms with Crippen LogP contribution in [0.4, 0.5) is 11.4 Å². The molecule has 0 aliphatic carbocycles. The second-order valence-electron chi connectivity index (χ2n) is 6.22. The average Bonchev–Trinajstić information content (AvgIpc) is 3.15. The molecule has 0 bridgehead atoms. The fourth-order valence-corrected chi connectivity index (χ4v) is 2.90. The molecule has 1 aromatic carbocycles. The Kier molecular flexibility index (Phi) is 5.74. The van der Waals surface area contributed by atoms with Crippen molar-refractivity contribution in [2.75, 3.05) is 23.7 Å². The number of carbonyl (C=O) groups is 2. The summed E-state index contributed by atoms with van der Waals surface area (Å²) in [6.45, 7) is 2.04. The molecule has 3 N–H and O–H groups in total. The molecule has 0 radical (unpaired) electrons. The van der Waals surface area contributed by atoms with E-state index in [1.165, 1.54) is 0 Å². The van der Waals surface area contributed by atoms with Crippen LogP contribution in [-0.2, 0) is 4.79 Å². The van der Waals surface area contributed by atoms with Crippen molar-refractivity contribution in [3.63, 3.8) is 0 Å². The number of amides is 2. The van der Waals surface area contributed by atoms with Gasteiger partial charge in [-0.15, -0.1) is 0 Å². The molecule has 3 rings (SSSR count). The van der Waals surface area contributed by atoms with Gasteiger partial charge in [-0.1, -0.05) is 6.07 Å². The van der Waals surface area contributed by atoms with Gasteiger partial charge < -0.3 is 16.0 Å². The highest BCUT2D eigenvalue weighted by Gasteiger charge is 2.16. The number of anilines is 2. The summed E-state index contributed by atoms with van der Waals surface area (Å²) in [5, 5.41) is 8.98. The standard InChI is InChI=1S/C19H22N4O2/c24-18(5-4-14-6-9-21-13-14)22-17-3-1-2-15(12-17)19(25)23-16-7-10-20-11-8-16/h1-3,7-8,10-12,14,21H,4-6,9,13H2,(H,22,24)(H,20,23,25). The van der Waals surface area contributed by atoms with E-state index in [4.69, 9.17) is 0 Å². The lowest BCUT2D eigenvalue weighted by atomic mass is 10.0. The van der Waals surface area contributed by atoms with Crippen molar-refractivity contribution in [3.05, 3.63) is 54.4 Å². The number of carbonyl (C=O) groups excluding carboxylic acids is 2. The van der Waals surface area contributed by atoms with Crippen LogP contribution >= 0.6 is 0 Å². The van der Waals surface area contributed by atoms with E-state index in [0.717, 1.165) is 25.9 Å². The monoisotopic (exact) mass is 338 g/mol. The highest BCUT2D eigenvalue weighted by molar-refractivity contribution is 6.05. The first-order chi connectivity index (χ1) is 12.2. The first-order valence-corrected chi connectivity index (χ1v) is 8.53. The number of pyridine rings is 1. The van der Waals surface area contributed by atoms with E-state index in [-0.39, 0.29) is 11.8 Å². The van der Waals surface area contributed by atoms with Gasteiger partial charge in [0, 0.05) is 35.8 Å². The molecular weight excluding hydrogens is 316 g/mol. The van der Waals surface area contributed by atoms with E-state index in [0.29, 0.717) is 29.3 Å². The van der Waals surface area contributed by atoms with E-state index < -0.39 is 0 Å². The SMILES string of the molecule is O=C(CCC1CCNC1)Nc1cccc(C(=O)Nc2ccncc2)c1. The topological polar surface area (TPSA) is 83.1 Å².